The minimum absolute atomic E-state index is 0.0838. The van der Waals surface area contributed by atoms with Gasteiger partial charge in [0.25, 0.3) is 5.91 Å². The van der Waals surface area contributed by atoms with E-state index in [1.54, 1.807) is 55.7 Å². The molecule has 0 fully saturated rings. The first kappa shape index (κ1) is 22.0. The first-order valence-electron chi connectivity index (χ1n) is 10.4. The summed E-state index contributed by atoms with van der Waals surface area (Å²) in [7, 11) is 0. The van der Waals surface area contributed by atoms with Crippen LogP contribution in [0, 0.1) is 5.82 Å². The van der Waals surface area contributed by atoms with E-state index in [2.05, 4.69) is 10.4 Å². The van der Waals surface area contributed by atoms with Crippen molar-refractivity contribution >= 4 is 23.5 Å². The molecular weight excluding hydrogens is 427 g/mol. The van der Waals surface area contributed by atoms with E-state index in [4.69, 9.17) is 5.73 Å². The van der Waals surface area contributed by atoms with Gasteiger partial charge in [0.1, 0.15) is 5.82 Å². The maximum atomic E-state index is 15.0. The third-order valence-electron chi connectivity index (χ3n) is 5.47. The van der Waals surface area contributed by atoms with Crippen LogP contribution in [0.15, 0.2) is 60.9 Å². The quantitative estimate of drug-likeness (QED) is 0.633. The molecule has 4 amide bonds. The van der Waals surface area contributed by atoms with Crippen molar-refractivity contribution in [1.29, 1.82) is 0 Å². The van der Waals surface area contributed by atoms with Crippen LogP contribution >= 0.6 is 0 Å². The molecule has 10 heteroatoms. The van der Waals surface area contributed by atoms with E-state index in [1.807, 2.05) is 0 Å². The summed E-state index contributed by atoms with van der Waals surface area (Å²) in [6.07, 6.45) is 3.26. The van der Waals surface area contributed by atoms with E-state index in [0.29, 0.717) is 11.4 Å². The number of fused-ring (bicyclic) bond motifs is 1. The molecule has 1 aliphatic rings. The molecule has 0 spiro atoms. The van der Waals surface area contributed by atoms with Gasteiger partial charge in [-0.05, 0) is 36.8 Å². The standard InChI is InChI=1S/C23H23FN6O3/c1-15-13-29(22(32)18-8-7-17(11-19(18)24)30-10-4-9-27-30)20-6-3-2-5-16(20)14-28(15)23(33)26-12-21(25)31/h2-11,15H,12-14H2,1H3,(H2,25,31)(H,26,33)/t15-/m1/s1. The van der Waals surface area contributed by atoms with Gasteiger partial charge >= 0.3 is 6.03 Å². The molecule has 1 aliphatic heterocycles. The number of halogens is 1. The van der Waals surface area contributed by atoms with E-state index in [-0.39, 0.29) is 25.2 Å². The van der Waals surface area contributed by atoms with E-state index >= 15 is 0 Å². The maximum Gasteiger partial charge on any atom is 0.318 e. The lowest BCUT2D eigenvalue weighted by Gasteiger charge is -2.29. The van der Waals surface area contributed by atoms with E-state index in [1.165, 1.54) is 26.6 Å². The lowest BCUT2D eigenvalue weighted by Crippen LogP contribution is -2.49. The van der Waals surface area contributed by atoms with E-state index in [9.17, 15) is 18.8 Å². The number of hydrogen-bond acceptors (Lipinski definition) is 4. The molecule has 3 N–H and O–H groups in total. The number of urea groups is 1. The van der Waals surface area contributed by atoms with Gasteiger partial charge in [-0.2, -0.15) is 5.10 Å². The van der Waals surface area contributed by atoms with Crippen LogP contribution in [0.5, 0.6) is 0 Å². The fraction of sp³-hybridized carbons (Fsp3) is 0.217. The molecule has 0 saturated carbocycles. The Bertz CT molecular complexity index is 1200. The maximum absolute atomic E-state index is 15.0. The average molecular weight is 450 g/mol. The summed E-state index contributed by atoms with van der Waals surface area (Å²) in [5.41, 5.74) is 6.85. The summed E-state index contributed by atoms with van der Waals surface area (Å²) >= 11 is 0. The first-order chi connectivity index (χ1) is 15.8. The summed E-state index contributed by atoms with van der Waals surface area (Å²) in [5.74, 6) is -1.84. The smallest absolute Gasteiger partial charge is 0.318 e. The minimum Gasteiger partial charge on any atom is -0.368 e. The Morgan fingerprint density at radius 3 is 2.67 bits per heavy atom. The zero-order valence-electron chi connectivity index (χ0n) is 17.9. The highest BCUT2D eigenvalue weighted by molar-refractivity contribution is 6.07. The molecule has 33 heavy (non-hydrogen) atoms. The number of amides is 4. The number of nitrogens with one attached hydrogen (secondary N) is 1. The number of aromatic nitrogens is 2. The van der Waals surface area contributed by atoms with Crippen LogP contribution in [0.2, 0.25) is 0 Å². The number of nitrogens with zero attached hydrogens (tertiary/aromatic N) is 4. The Labute approximate surface area is 189 Å². The van der Waals surface area contributed by atoms with E-state index < -0.39 is 29.7 Å². The van der Waals surface area contributed by atoms with Crippen molar-refractivity contribution in [2.75, 3.05) is 18.0 Å². The Hall–Kier alpha value is -4.21. The second-order valence-corrected chi connectivity index (χ2v) is 7.76. The lowest BCUT2D eigenvalue weighted by atomic mass is 10.1. The largest absolute Gasteiger partial charge is 0.368 e. The highest BCUT2D eigenvalue weighted by atomic mass is 19.1. The molecule has 170 valence electrons. The fourth-order valence-electron chi connectivity index (χ4n) is 3.82. The van der Waals surface area contributed by atoms with Crippen LogP contribution in [0.1, 0.15) is 22.8 Å². The summed E-state index contributed by atoms with van der Waals surface area (Å²) in [6, 6.07) is 12.3. The lowest BCUT2D eigenvalue weighted by molar-refractivity contribution is -0.117. The molecule has 2 aromatic carbocycles. The first-order valence-corrected chi connectivity index (χ1v) is 10.4. The molecule has 0 bridgehead atoms. The van der Waals surface area contributed by atoms with Crippen molar-refractivity contribution < 1.29 is 18.8 Å². The number of rotatable bonds is 4. The third-order valence-corrected chi connectivity index (χ3v) is 5.47. The highest BCUT2D eigenvalue weighted by Crippen LogP contribution is 2.29. The number of primary amides is 1. The molecule has 3 aromatic rings. The molecular formula is C23H23FN6O3. The SMILES string of the molecule is C[C@@H]1CN(C(=O)c2ccc(-n3cccn3)cc2F)c2ccccc2CN1C(=O)NCC(N)=O. The fourth-order valence-corrected chi connectivity index (χ4v) is 3.82. The zero-order chi connectivity index (χ0) is 23.5. The number of para-hydroxylation sites is 1. The Morgan fingerprint density at radius 2 is 1.97 bits per heavy atom. The number of benzene rings is 2. The van der Waals surface area contributed by atoms with Gasteiger partial charge in [-0.1, -0.05) is 18.2 Å². The van der Waals surface area contributed by atoms with E-state index in [0.717, 1.165) is 5.56 Å². The number of nitrogens with two attached hydrogens (primary N) is 1. The summed E-state index contributed by atoms with van der Waals surface area (Å²) in [6.45, 7) is 1.85. The summed E-state index contributed by atoms with van der Waals surface area (Å²) < 4.78 is 16.5. The third kappa shape index (κ3) is 4.54. The van der Waals surface area contributed by atoms with Gasteiger partial charge < -0.3 is 20.9 Å². The second-order valence-electron chi connectivity index (χ2n) is 7.76. The van der Waals surface area contributed by atoms with Crippen LogP contribution in [-0.2, 0) is 11.3 Å². The Morgan fingerprint density at radius 1 is 1.18 bits per heavy atom. The van der Waals surface area contributed by atoms with Crippen molar-refractivity contribution in [2.45, 2.75) is 19.5 Å². The van der Waals surface area contributed by atoms with Crippen LogP contribution < -0.4 is 16.0 Å². The Balaban J connectivity index is 1.64. The summed E-state index contributed by atoms with van der Waals surface area (Å²) in [4.78, 5) is 40.2. The number of carbonyl (C=O) groups is 3. The number of anilines is 1. The number of hydrogen-bond donors (Lipinski definition) is 2. The molecule has 1 atom stereocenters. The monoisotopic (exact) mass is 450 g/mol. The molecule has 1 aromatic heterocycles. The van der Waals surface area contributed by atoms with Crippen molar-refractivity contribution in [3.63, 3.8) is 0 Å². The molecule has 0 aliphatic carbocycles. The van der Waals surface area contributed by atoms with Crippen LogP contribution in [0.25, 0.3) is 5.69 Å². The van der Waals surface area contributed by atoms with Crippen molar-refractivity contribution in [2.24, 2.45) is 5.73 Å². The molecule has 9 nitrogen and oxygen atoms in total. The van der Waals surface area contributed by atoms with Gasteiger partial charge in [0.15, 0.2) is 0 Å². The van der Waals surface area contributed by atoms with Crippen molar-refractivity contribution in [1.82, 2.24) is 20.0 Å². The molecule has 0 unspecified atom stereocenters. The van der Waals surface area contributed by atoms with Crippen molar-refractivity contribution in [3.05, 3.63) is 77.9 Å². The van der Waals surface area contributed by atoms with Gasteiger partial charge in [-0.15, -0.1) is 0 Å². The van der Waals surface area contributed by atoms with Crippen molar-refractivity contribution in [3.8, 4) is 5.69 Å². The van der Waals surface area contributed by atoms with Gasteiger partial charge in [-0.3, -0.25) is 9.59 Å². The van der Waals surface area contributed by atoms with Gasteiger partial charge in [0.2, 0.25) is 5.91 Å². The summed E-state index contributed by atoms with van der Waals surface area (Å²) in [5, 5.41) is 6.56. The van der Waals surface area contributed by atoms with Gasteiger partial charge in [-0.25, -0.2) is 13.9 Å². The van der Waals surface area contributed by atoms with Gasteiger partial charge in [0, 0.05) is 43.3 Å². The van der Waals surface area contributed by atoms with Crippen LogP contribution in [0.3, 0.4) is 0 Å². The van der Waals surface area contributed by atoms with Crippen LogP contribution in [0.4, 0.5) is 14.9 Å². The normalized spacial score (nSPS) is 15.5. The highest BCUT2D eigenvalue weighted by Gasteiger charge is 2.32. The average Bonchev–Trinajstić information content (AvgIpc) is 3.29. The molecule has 0 radical (unpaired) electrons. The minimum atomic E-state index is -0.668. The predicted molar refractivity (Wildman–Crippen MR) is 119 cm³/mol. The number of carbonyl (C=O) groups excluding carboxylic acids is 3. The molecule has 2 heterocycles. The Kier molecular flexibility index (Phi) is 6.07. The predicted octanol–water partition coefficient (Wildman–Crippen LogP) is 2.06. The molecule has 0 saturated heterocycles. The zero-order valence-corrected chi connectivity index (χ0v) is 17.9. The van der Waals surface area contributed by atoms with Crippen LogP contribution in [-0.4, -0.2) is 51.7 Å². The molecule has 4 rings (SSSR count). The topological polar surface area (TPSA) is 114 Å². The second kappa shape index (κ2) is 9.11. The van der Waals surface area contributed by atoms with Gasteiger partial charge in [0.05, 0.1) is 17.8 Å².